The first-order chi connectivity index (χ1) is 5.95. The number of aliphatic hydroxyl groups excluding tert-OH is 3. The van der Waals surface area contributed by atoms with E-state index in [9.17, 15) is 4.79 Å². The highest BCUT2D eigenvalue weighted by atomic mass is 16.4. The van der Waals surface area contributed by atoms with Gasteiger partial charge in [0.1, 0.15) is 0 Å². The van der Waals surface area contributed by atoms with E-state index in [0.29, 0.717) is 0 Å². The molecule has 1 unspecified atom stereocenters. The molecule has 1 atom stereocenters. The summed E-state index contributed by atoms with van der Waals surface area (Å²) in [5, 5.41) is 32.5. The van der Waals surface area contributed by atoms with Crippen LogP contribution in [0.15, 0.2) is 12.2 Å². The average molecular weight is 192 g/mol. The number of aliphatic hydroxyl groups is 3. The van der Waals surface area contributed by atoms with Gasteiger partial charge in [-0.15, -0.1) is 0 Å². The number of hydrogen-bond donors (Lipinski definition) is 4. The second kappa shape index (κ2) is 9.18. The topological polar surface area (TPSA) is 98.0 Å². The molecule has 0 aromatic rings. The smallest absolute Gasteiger partial charge is 0.330 e. The van der Waals surface area contributed by atoms with Gasteiger partial charge in [0.2, 0.25) is 0 Å². The van der Waals surface area contributed by atoms with E-state index < -0.39 is 12.1 Å². The Kier molecular flexibility index (Phi) is 10.3. The van der Waals surface area contributed by atoms with Crippen LogP contribution >= 0.6 is 0 Å². The summed E-state index contributed by atoms with van der Waals surface area (Å²) >= 11 is 0. The van der Waals surface area contributed by atoms with Gasteiger partial charge in [0.25, 0.3) is 0 Å². The Hall–Kier alpha value is -0.910. The van der Waals surface area contributed by atoms with E-state index >= 15 is 0 Å². The zero-order chi connectivity index (χ0) is 10.9. The molecular formula is C8H16O5. The van der Waals surface area contributed by atoms with E-state index in [1.54, 1.807) is 0 Å². The molecule has 13 heavy (non-hydrogen) atoms. The summed E-state index contributed by atoms with van der Waals surface area (Å²) in [6.45, 7) is 4.27. The number of rotatable bonds is 4. The van der Waals surface area contributed by atoms with Crippen LogP contribution in [-0.2, 0) is 4.79 Å². The average Bonchev–Trinajstić information content (AvgIpc) is 2.05. The van der Waals surface area contributed by atoms with Gasteiger partial charge in [0, 0.05) is 12.2 Å². The minimum Gasteiger partial charge on any atom is -0.478 e. The molecule has 0 aliphatic rings. The zero-order valence-corrected chi connectivity index (χ0v) is 7.60. The van der Waals surface area contributed by atoms with Gasteiger partial charge in [-0.1, -0.05) is 6.58 Å². The van der Waals surface area contributed by atoms with Gasteiger partial charge in [0.05, 0.1) is 12.7 Å². The third kappa shape index (κ3) is 14.0. The van der Waals surface area contributed by atoms with Crippen molar-refractivity contribution in [1.29, 1.82) is 0 Å². The zero-order valence-electron chi connectivity index (χ0n) is 7.60. The van der Waals surface area contributed by atoms with Crippen molar-refractivity contribution in [2.75, 3.05) is 13.2 Å². The third-order valence-electron chi connectivity index (χ3n) is 1.04. The Bertz CT molecular complexity index is 143. The lowest BCUT2D eigenvalue weighted by Crippen LogP contribution is -2.12. The van der Waals surface area contributed by atoms with Crippen molar-refractivity contribution in [3.8, 4) is 0 Å². The standard InChI is InChI=1S/C4H10O3.C4H6O2/c5-2-1-4(7)3-6;1-3(2)4(5)6/h4-7H,1-3H2;1H2,2H3,(H,5,6). The van der Waals surface area contributed by atoms with Crippen LogP contribution in [0.4, 0.5) is 0 Å². The molecule has 0 radical (unpaired) electrons. The normalized spacial score (nSPS) is 11.1. The third-order valence-corrected chi connectivity index (χ3v) is 1.04. The molecule has 0 saturated heterocycles. The van der Waals surface area contributed by atoms with Crippen LogP contribution in [0.2, 0.25) is 0 Å². The van der Waals surface area contributed by atoms with Crippen molar-refractivity contribution in [2.45, 2.75) is 19.4 Å². The maximum atomic E-state index is 9.60. The molecule has 0 fully saturated rings. The monoisotopic (exact) mass is 192 g/mol. The summed E-state index contributed by atoms with van der Waals surface area (Å²) in [5.74, 6) is -0.935. The van der Waals surface area contributed by atoms with Crippen molar-refractivity contribution in [3.05, 3.63) is 12.2 Å². The van der Waals surface area contributed by atoms with E-state index in [4.69, 9.17) is 20.4 Å². The summed E-state index contributed by atoms with van der Waals surface area (Å²) in [6, 6.07) is 0. The van der Waals surface area contributed by atoms with Crippen molar-refractivity contribution < 1.29 is 25.2 Å². The molecule has 0 spiro atoms. The number of carboxylic acids is 1. The van der Waals surface area contributed by atoms with E-state index in [1.165, 1.54) is 6.92 Å². The Morgan fingerprint density at radius 3 is 1.92 bits per heavy atom. The fraction of sp³-hybridized carbons (Fsp3) is 0.625. The molecule has 0 aromatic heterocycles. The van der Waals surface area contributed by atoms with Crippen LogP contribution in [0.3, 0.4) is 0 Å². The molecule has 0 aromatic carbocycles. The number of aliphatic carboxylic acids is 1. The molecule has 4 N–H and O–H groups in total. The minimum atomic E-state index is -0.935. The van der Waals surface area contributed by atoms with Crippen LogP contribution < -0.4 is 0 Å². The largest absolute Gasteiger partial charge is 0.478 e. The van der Waals surface area contributed by atoms with E-state index in [0.717, 1.165) is 0 Å². The molecule has 0 amide bonds. The van der Waals surface area contributed by atoms with E-state index in [2.05, 4.69) is 6.58 Å². The fourth-order valence-electron chi connectivity index (χ4n) is 0.240. The Morgan fingerprint density at radius 2 is 1.85 bits per heavy atom. The van der Waals surface area contributed by atoms with Gasteiger partial charge in [-0.2, -0.15) is 0 Å². The van der Waals surface area contributed by atoms with Gasteiger partial charge in [-0.05, 0) is 13.3 Å². The van der Waals surface area contributed by atoms with Crippen molar-refractivity contribution >= 4 is 5.97 Å². The van der Waals surface area contributed by atoms with Gasteiger partial charge >= 0.3 is 5.97 Å². The maximum Gasteiger partial charge on any atom is 0.330 e. The highest BCUT2D eigenvalue weighted by Crippen LogP contribution is 1.84. The molecule has 5 heteroatoms. The van der Waals surface area contributed by atoms with E-state index in [1.807, 2.05) is 0 Å². The SMILES string of the molecule is C=C(C)C(=O)O.OCCC(O)CO. The number of carboxylic acid groups (broad SMARTS) is 1. The molecular weight excluding hydrogens is 176 g/mol. The summed E-state index contributed by atoms with van der Waals surface area (Å²) in [4.78, 5) is 9.60. The van der Waals surface area contributed by atoms with Crippen LogP contribution in [-0.4, -0.2) is 45.7 Å². The second-order valence-corrected chi connectivity index (χ2v) is 2.43. The molecule has 78 valence electrons. The van der Waals surface area contributed by atoms with Gasteiger partial charge in [0.15, 0.2) is 0 Å². The molecule has 0 aliphatic carbocycles. The Labute approximate surface area is 76.9 Å². The van der Waals surface area contributed by atoms with Crippen LogP contribution in [0, 0.1) is 0 Å². The lowest BCUT2D eigenvalue weighted by Gasteiger charge is -2.00. The van der Waals surface area contributed by atoms with Crippen LogP contribution in [0.5, 0.6) is 0 Å². The van der Waals surface area contributed by atoms with Gasteiger partial charge < -0.3 is 20.4 Å². The molecule has 0 saturated carbocycles. The maximum absolute atomic E-state index is 9.60. The minimum absolute atomic E-state index is 0.0677. The summed E-state index contributed by atoms with van der Waals surface area (Å²) in [5.41, 5.74) is 0.176. The van der Waals surface area contributed by atoms with Gasteiger partial charge in [-0.25, -0.2) is 4.79 Å². The molecule has 0 rings (SSSR count). The summed E-state index contributed by atoms with van der Waals surface area (Å²) in [7, 11) is 0. The lowest BCUT2D eigenvalue weighted by atomic mass is 10.3. The Morgan fingerprint density at radius 1 is 1.46 bits per heavy atom. The highest BCUT2D eigenvalue weighted by Gasteiger charge is 1.96. The first-order valence-corrected chi connectivity index (χ1v) is 3.74. The van der Waals surface area contributed by atoms with Crippen LogP contribution in [0.25, 0.3) is 0 Å². The highest BCUT2D eigenvalue weighted by molar-refractivity contribution is 5.84. The van der Waals surface area contributed by atoms with Crippen molar-refractivity contribution in [2.24, 2.45) is 0 Å². The molecule has 5 nitrogen and oxygen atoms in total. The fourth-order valence-corrected chi connectivity index (χ4v) is 0.240. The second-order valence-electron chi connectivity index (χ2n) is 2.43. The first-order valence-electron chi connectivity index (χ1n) is 3.74. The first kappa shape index (κ1) is 14.6. The molecule has 0 bridgehead atoms. The molecule has 0 heterocycles. The quantitative estimate of drug-likeness (QED) is 0.444. The lowest BCUT2D eigenvalue weighted by molar-refractivity contribution is -0.132. The van der Waals surface area contributed by atoms with Crippen molar-refractivity contribution in [3.63, 3.8) is 0 Å². The predicted octanol–water partition coefficient (Wildman–Crippen LogP) is -0.631. The number of hydrogen-bond acceptors (Lipinski definition) is 4. The predicted molar refractivity (Wildman–Crippen MR) is 47.2 cm³/mol. The van der Waals surface area contributed by atoms with Crippen LogP contribution in [0.1, 0.15) is 13.3 Å². The molecule has 0 aliphatic heterocycles. The summed E-state index contributed by atoms with van der Waals surface area (Å²) < 4.78 is 0. The van der Waals surface area contributed by atoms with Crippen molar-refractivity contribution in [1.82, 2.24) is 0 Å². The van der Waals surface area contributed by atoms with E-state index in [-0.39, 0.29) is 25.2 Å². The van der Waals surface area contributed by atoms with Gasteiger partial charge in [-0.3, -0.25) is 0 Å². The number of carbonyl (C=O) groups is 1. The summed E-state index contributed by atoms with van der Waals surface area (Å²) in [6.07, 6.45) is -0.485. The Balaban J connectivity index is 0.